The SMILES string of the molecule is CCS(=O)c1ccccc1C(=O)NC1CCc2nc(C)ncc2C1. The first-order valence-electron chi connectivity index (χ1n) is 8.18. The molecule has 0 spiro atoms. The van der Waals surface area contributed by atoms with E-state index in [1.807, 2.05) is 26.1 Å². The van der Waals surface area contributed by atoms with E-state index in [2.05, 4.69) is 15.3 Å². The average Bonchev–Trinajstić information content (AvgIpc) is 2.61. The lowest BCUT2D eigenvalue weighted by atomic mass is 9.92. The number of hydrogen-bond acceptors (Lipinski definition) is 4. The van der Waals surface area contributed by atoms with Crippen molar-refractivity contribution in [2.45, 2.75) is 44.0 Å². The Labute approximate surface area is 144 Å². The molecule has 6 heteroatoms. The van der Waals surface area contributed by atoms with Crippen molar-refractivity contribution in [2.24, 2.45) is 0 Å². The summed E-state index contributed by atoms with van der Waals surface area (Å²) in [5.41, 5.74) is 2.69. The molecule has 24 heavy (non-hydrogen) atoms. The van der Waals surface area contributed by atoms with E-state index < -0.39 is 10.8 Å². The van der Waals surface area contributed by atoms with Crippen LogP contribution in [0.5, 0.6) is 0 Å². The van der Waals surface area contributed by atoms with Gasteiger partial charge in [-0.1, -0.05) is 19.1 Å². The van der Waals surface area contributed by atoms with Gasteiger partial charge in [0.1, 0.15) is 5.82 Å². The van der Waals surface area contributed by atoms with Crippen LogP contribution in [0.25, 0.3) is 0 Å². The lowest BCUT2D eigenvalue weighted by molar-refractivity contribution is 0.0930. The fourth-order valence-corrected chi connectivity index (χ4v) is 3.95. The third kappa shape index (κ3) is 3.53. The smallest absolute Gasteiger partial charge is 0.252 e. The molecule has 0 saturated heterocycles. The highest BCUT2D eigenvalue weighted by atomic mass is 32.2. The lowest BCUT2D eigenvalue weighted by Gasteiger charge is -2.25. The summed E-state index contributed by atoms with van der Waals surface area (Å²) in [5, 5.41) is 3.08. The zero-order chi connectivity index (χ0) is 17.1. The van der Waals surface area contributed by atoms with Gasteiger partial charge < -0.3 is 5.32 Å². The fraction of sp³-hybridized carbons (Fsp3) is 0.389. The van der Waals surface area contributed by atoms with E-state index in [-0.39, 0.29) is 11.9 Å². The first kappa shape index (κ1) is 16.8. The second-order valence-corrected chi connectivity index (χ2v) is 7.64. The van der Waals surface area contributed by atoms with Crippen molar-refractivity contribution < 1.29 is 9.00 Å². The van der Waals surface area contributed by atoms with E-state index in [9.17, 15) is 9.00 Å². The zero-order valence-electron chi connectivity index (χ0n) is 13.9. The Hall–Kier alpha value is -2.08. The van der Waals surface area contributed by atoms with Gasteiger partial charge in [0.25, 0.3) is 5.91 Å². The second kappa shape index (κ2) is 7.21. The molecule has 1 N–H and O–H groups in total. The summed E-state index contributed by atoms with van der Waals surface area (Å²) in [6.07, 6.45) is 4.29. The highest BCUT2D eigenvalue weighted by Gasteiger charge is 2.23. The Morgan fingerprint density at radius 3 is 2.96 bits per heavy atom. The van der Waals surface area contributed by atoms with Crippen LogP contribution in [0.1, 0.15) is 40.8 Å². The van der Waals surface area contributed by atoms with E-state index in [1.165, 1.54) is 0 Å². The second-order valence-electron chi connectivity index (χ2n) is 5.93. The van der Waals surface area contributed by atoms with Crippen LogP contribution < -0.4 is 5.32 Å². The topological polar surface area (TPSA) is 72.0 Å². The number of carbonyl (C=O) groups is 1. The van der Waals surface area contributed by atoms with Crippen LogP contribution in [0, 0.1) is 6.92 Å². The molecule has 1 aromatic carbocycles. The van der Waals surface area contributed by atoms with Crippen LogP contribution in [0.4, 0.5) is 0 Å². The zero-order valence-corrected chi connectivity index (χ0v) is 14.7. The minimum atomic E-state index is -1.15. The first-order valence-corrected chi connectivity index (χ1v) is 9.50. The van der Waals surface area contributed by atoms with Crippen molar-refractivity contribution in [3.63, 3.8) is 0 Å². The van der Waals surface area contributed by atoms with Crippen LogP contribution in [-0.4, -0.2) is 31.9 Å². The summed E-state index contributed by atoms with van der Waals surface area (Å²) in [4.78, 5) is 22.0. The Bertz CT molecular complexity index is 792. The van der Waals surface area contributed by atoms with Gasteiger partial charge in [0.15, 0.2) is 0 Å². The van der Waals surface area contributed by atoms with Gasteiger partial charge in [-0.05, 0) is 43.9 Å². The molecule has 3 rings (SSSR count). The highest BCUT2D eigenvalue weighted by molar-refractivity contribution is 7.85. The molecule has 2 aromatic rings. The van der Waals surface area contributed by atoms with Crippen molar-refractivity contribution in [1.29, 1.82) is 0 Å². The summed E-state index contributed by atoms with van der Waals surface area (Å²) < 4.78 is 12.1. The van der Waals surface area contributed by atoms with Crippen LogP contribution in [0.2, 0.25) is 0 Å². The lowest BCUT2D eigenvalue weighted by Crippen LogP contribution is -2.39. The van der Waals surface area contributed by atoms with Crippen molar-refractivity contribution >= 4 is 16.7 Å². The number of nitrogens with one attached hydrogen (secondary N) is 1. The summed E-state index contributed by atoms with van der Waals surface area (Å²) in [6, 6.07) is 7.18. The fourth-order valence-electron chi connectivity index (χ4n) is 3.00. The van der Waals surface area contributed by atoms with Crippen LogP contribution in [0.15, 0.2) is 35.4 Å². The highest BCUT2D eigenvalue weighted by Crippen LogP contribution is 2.20. The molecule has 1 aliphatic rings. The number of aromatic nitrogens is 2. The number of hydrogen-bond donors (Lipinski definition) is 1. The van der Waals surface area contributed by atoms with Gasteiger partial charge in [-0.2, -0.15) is 0 Å². The molecule has 0 bridgehead atoms. The standard InChI is InChI=1S/C18H21N3O2S/c1-3-24(23)17-7-5-4-6-15(17)18(22)21-14-8-9-16-13(10-14)11-19-12(2)20-16/h4-7,11,14H,3,8-10H2,1-2H3,(H,21,22). The number of carbonyl (C=O) groups excluding carboxylic acids is 1. The molecule has 0 radical (unpaired) electrons. The molecule has 5 nitrogen and oxygen atoms in total. The predicted octanol–water partition coefficient (Wildman–Crippen LogP) is 2.20. The van der Waals surface area contributed by atoms with Crippen LogP contribution in [0.3, 0.4) is 0 Å². The molecule has 0 aliphatic heterocycles. The van der Waals surface area contributed by atoms with E-state index >= 15 is 0 Å². The first-order chi connectivity index (χ1) is 11.6. The Morgan fingerprint density at radius 1 is 1.38 bits per heavy atom. The molecule has 0 saturated carbocycles. The van der Waals surface area contributed by atoms with Gasteiger partial charge in [-0.15, -0.1) is 0 Å². The number of nitrogens with zero attached hydrogens (tertiary/aromatic N) is 2. The van der Waals surface area contributed by atoms with E-state index in [0.29, 0.717) is 16.2 Å². The van der Waals surface area contributed by atoms with Crippen LogP contribution in [-0.2, 0) is 23.6 Å². The maximum Gasteiger partial charge on any atom is 0.252 e. The molecule has 126 valence electrons. The quantitative estimate of drug-likeness (QED) is 0.924. The van der Waals surface area contributed by atoms with E-state index in [4.69, 9.17) is 0 Å². The number of fused-ring (bicyclic) bond motifs is 1. The minimum absolute atomic E-state index is 0.0550. The Morgan fingerprint density at radius 2 is 2.17 bits per heavy atom. The number of rotatable bonds is 4. The maximum absolute atomic E-state index is 12.6. The van der Waals surface area contributed by atoms with Crippen LogP contribution >= 0.6 is 0 Å². The molecule has 2 unspecified atom stereocenters. The van der Waals surface area contributed by atoms with Gasteiger partial charge in [-0.3, -0.25) is 9.00 Å². The summed E-state index contributed by atoms with van der Waals surface area (Å²) in [6.45, 7) is 3.74. The molecular formula is C18H21N3O2S. The van der Waals surface area contributed by atoms with Crippen molar-refractivity contribution in [3.05, 3.63) is 53.1 Å². The van der Waals surface area contributed by atoms with Crippen molar-refractivity contribution in [3.8, 4) is 0 Å². The van der Waals surface area contributed by atoms with E-state index in [1.54, 1.807) is 18.2 Å². The number of benzene rings is 1. The van der Waals surface area contributed by atoms with Gasteiger partial charge in [0, 0.05) is 23.7 Å². The third-order valence-corrected chi connectivity index (χ3v) is 5.62. The van der Waals surface area contributed by atoms with Gasteiger partial charge in [0.05, 0.1) is 21.3 Å². The maximum atomic E-state index is 12.6. The van der Waals surface area contributed by atoms with Gasteiger partial charge in [0.2, 0.25) is 0 Å². The summed E-state index contributed by atoms with van der Waals surface area (Å²) >= 11 is 0. The summed E-state index contributed by atoms with van der Waals surface area (Å²) in [5.74, 6) is 1.12. The monoisotopic (exact) mass is 343 g/mol. The largest absolute Gasteiger partial charge is 0.349 e. The molecule has 0 fully saturated rings. The minimum Gasteiger partial charge on any atom is -0.349 e. The van der Waals surface area contributed by atoms with Crippen molar-refractivity contribution in [1.82, 2.24) is 15.3 Å². The average molecular weight is 343 g/mol. The predicted molar refractivity (Wildman–Crippen MR) is 93.4 cm³/mol. The Balaban J connectivity index is 1.75. The summed E-state index contributed by atoms with van der Waals surface area (Å²) in [7, 11) is -1.15. The molecule has 2 atom stereocenters. The van der Waals surface area contributed by atoms with Crippen molar-refractivity contribution in [2.75, 3.05) is 5.75 Å². The molecule has 1 aromatic heterocycles. The molecule has 1 heterocycles. The Kier molecular flexibility index (Phi) is 5.04. The number of aryl methyl sites for hydroxylation is 2. The molecule has 1 amide bonds. The normalized spacial score (nSPS) is 17.8. The molecule has 1 aliphatic carbocycles. The van der Waals surface area contributed by atoms with Gasteiger partial charge in [-0.25, -0.2) is 9.97 Å². The molecular weight excluding hydrogens is 322 g/mol. The van der Waals surface area contributed by atoms with E-state index in [0.717, 1.165) is 36.3 Å². The van der Waals surface area contributed by atoms with Gasteiger partial charge >= 0.3 is 0 Å². The third-order valence-electron chi connectivity index (χ3n) is 4.24. The number of amides is 1.